The Balaban J connectivity index is 1.38. The highest BCUT2D eigenvalue weighted by atomic mass is 35.5. The van der Waals surface area contributed by atoms with Crippen LogP contribution >= 0.6 is 11.6 Å². The summed E-state index contributed by atoms with van der Waals surface area (Å²) in [5.41, 5.74) is 2.65. The fourth-order valence-electron chi connectivity index (χ4n) is 3.37. The number of hydrogen-bond donors (Lipinski definition) is 1. The summed E-state index contributed by atoms with van der Waals surface area (Å²) in [5, 5.41) is 7.75. The number of benzene rings is 2. The molecular weight excluding hydrogens is 388 g/mol. The Hall–Kier alpha value is -3.12. The Morgan fingerprint density at radius 2 is 1.72 bits per heavy atom. The fraction of sp³-hybridized carbons (Fsp3) is 0.227. The molecule has 0 spiro atoms. The number of likely N-dealkylation sites (tertiary alicyclic amines) is 1. The van der Waals surface area contributed by atoms with E-state index < -0.39 is 0 Å². The van der Waals surface area contributed by atoms with Gasteiger partial charge in [-0.25, -0.2) is 0 Å². The summed E-state index contributed by atoms with van der Waals surface area (Å²) in [6, 6.07) is 14.5. The van der Waals surface area contributed by atoms with Crippen LogP contribution in [-0.2, 0) is 6.54 Å². The van der Waals surface area contributed by atoms with Crippen LogP contribution in [0.5, 0.6) is 0 Å². The molecule has 0 aliphatic carbocycles. The van der Waals surface area contributed by atoms with Crippen molar-refractivity contribution in [3.63, 3.8) is 0 Å². The van der Waals surface area contributed by atoms with Crippen molar-refractivity contribution in [2.45, 2.75) is 19.4 Å². The van der Waals surface area contributed by atoms with E-state index in [9.17, 15) is 9.59 Å². The van der Waals surface area contributed by atoms with E-state index >= 15 is 0 Å². The normalized spacial score (nSPS) is 13.5. The van der Waals surface area contributed by atoms with Gasteiger partial charge in [0.15, 0.2) is 0 Å². The van der Waals surface area contributed by atoms with Gasteiger partial charge in [-0.2, -0.15) is 5.10 Å². The molecule has 0 unspecified atom stereocenters. The molecule has 2 amide bonds. The molecule has 3 aromatic rings. The molecule has 1 saturated heterocycles. The van der Waals surface area contributed by atoms with Gasteiger partial charge in [0.1, 0.15) is 0 Å². The van der Waals surface area contributed by atoms with Crippen molar-refractivity contribution >= 4 is 29.1 Å². The minimum atomic E-state index is -0.256. The number of rotatable bonds is 5. The summed E-state index contributed by atoms with van der Waals surface area (Å²) >= 11 is 6.18. The Labute approximate surface area is 174 Å². The Morgan fingerprint density at radius 1 is 1.00 bits per heavy atom. The van der Waals surface area contributed by atoms with E-state index in [-0.39, 0.29) is 11.8 Å². The molecule has 7 heteroatoms. The van der Waals surface area contributed by atoms with E-state index in [4.69, 9.17) is 11.6 Å². The van der Waals surface area contributed by atoms with Crippen molar-refractivity contribution in [3.8, 4) is 0 Å². The van der Waals surface area contributed by atoms with Gasteiger partial charge in [-0.1, -0.05) is 29.8 Å². The van der Waals surface area contributed by atoms with Crippen LogP contribution in [0.25, 0.3) is 0 Å². The third kappa shape index (κ3) is 4.49. The summed E-state index contributed by atoms with van der Waals surface area (Å²) in [5.74, 6) is -0.213. The third-order valence-corrected chi connectivity index (χ3v) is 5.34. The highest BCUT2D eigenvalue weighted by Crippen LogP contribution is 2.18. The van der Waals surface area contributed by atoms with Crippen molar-refractivity contribution in [2.24, 2.45) is 0 Å². The molecule has 0 bridgehead atoms. The number of nitrogens with one attached hydrogen (secondary N) is 1. The van der Waals surface area contributed by atoms with E-state index in [2.05, 4.69) is 10.4 Å². The molecule has 1 N–H and O–H groups in total. The molecule has 0 radical (unpaired) electrons. The van der Waals surface area contributed by atoms with Crippen LogP contribution in [0.2, 0.25) is 5.02 Å². The summed E-state index contributed by atoms with van der Waals surface area (Å²) in [6.45, 7) is 2.12. The maximum atomic E-state index is 12.5. The molecule has 2 aromatic carbocycles. The van der Waals surface area contributed by atoms with Gasteiger partial charge in [-0.05, 0) is 48.7 Å². The van der Waals surface area contributed by atoms with Crippen LogP contribution in [0.1, 0.15) is 39.1 Å². The van der Waals surface area contributed by atoms with Crippen LogP contribution in [0.3, 0.4) is 0 Å². The van der Waals surface area contributed by atoms with Crippen LogP contribution in [0.4, 0.5) is 5.69 Å². The van der Waals surface area contributed by atoms with E-state index in [1.807, 2.05) is 29.2 Å². The average molecular weight is 409 g/mol. The summed E-state index contributed by atoms with van der Waals surface area (Å²) in [4.78, 5) is 26.8. The molecular formula is C22H21ClN4O2. The number of hydrogen-bond acceptors (Lipinski definition) is 3. The Morgan fingerprint density at radius 3 is 2.45 bits per heavy atom. The van der Waals surface area contributed by atoms with Crippen LogP contribution < -0.4 is 5.32 Å². The number of nitrogens with zero attached hydrogens (tertiary/aromatic N) is 3. The van der Waals surface area contributed by atoms with Crippen LogP contribution in [0.15, 0.2) is 60.9 Å². The first-order valence-corrected chi connectivity index (χ1v) is 9.94. The Kier molecular flexibility index (Phi) is 5.62. The molecule has 1 fully saturated rings. The molecule has 4 rings (SSSR count). The number of carbonyl (C=O) groups excluding carboxylic acids is 2. The maximum absolute atomic E-state index is 12.5. The zero-order valence-corrected chi connectivity index (χ0v) is 16.6. The highest BCUT2D eigenvalue weighted by Gasteiger charge is 2.19. The second kappa shape index (κ2) is 8.49. The van der Waals surface area contributed by atoms with E-state index in [1.54, 1.807) is 35.1 Å². The van der Waals surface area contributed by atoms with Crippen molar-refractivity contribution in [3.05, 3.63) is 82.6 Å². The number of carbonyl (C=O) groups is 2. The van der Waals surface area contributed by atoms with Crippen LogP contribution in [-0.4, -0.2) is 39.6 Å². The van der Waals surface area contributed by atoms with Crippen molar-refractivity contribution in [2.75, 3.05) is 18.4 Å². The standard InChI is InChI=1S/C22H21ClN4O2/c23-20-6-2-1-5-17(20)14-27-15-18(13-24-27)21(28)25-19-9-7-16(8-10-19)22(29)26-11-3-4-12-26/h1-2,5-10,13,15H,3-4,11-12,14H2,(H,25,28). The topological polar surface area (TPSA) is 67.2 Å². The lowest BCUT2D eigenvalue weighted by molar-refractivity contribution is 0.0792. The van der Waals surface area contributed by atoms with Gasteiger partial charge in [-0.3, -0.25) is 14.3 Å². The van der Waals surface area contributed by atoms with Gasteiger partial charge >= 0.3 is 0 Å². The molecule has 0 atom stereocenters. The molecule has 1 aromatic heterocycles. The molecule has 1 aliphatic heterocycles. The predicted octanol–water partition coefficient (Wildman–Crippen LogP) is 4.07. The minimum absolute atomic E-state index is 0.0428. The maximum Gasteiger partial charge on any atom is 0.258 e. The summed E-state index contributed by atoms with van der Waals surface area (Å²) < 4.78 is 1.67. The largest absolute Gasteiger partial charge is 0.339 e. The molecule has 29 heavy (non-hydrogen) atoms. The number of amides is 2. The van der Waals surface area contributed by atoms with Crippen molar-refractivity contribution in [1.82, 2.24) is 14.7 Å². The molecule has 148 valence electrons. The van der Waals surface area contributed by atoms with Gasteiger partial charge in [0.05, 0.1) is 18.3 Å². The fourth-order valence-corrected chi connectivity index (χ4v) is 3.57. The smallest absolute Gasteiger partial charge is 0.258 e. The second-order valence-corrected chi connectivity index (χ2v) is 7.46. The zero-order valence-electron chi connectivity index (χ0n) is 15.8. The lowest BCUT2D eigenvalue weighted by Gasteiger charge is -2.15. The Bertz CT molecular complexity index is 1020. The molecule has 6 nitrogen and oxygen atoms in total. The molecule has 2 heterocycles. The van der Waals surface area contributed by atoms with E-state index in [0.29, 0.717) is 28.4 Å². The lowest BCUT2D eigenvalue weighted by atomic mass is 10.2. The van der Waals surface area contributed by atoms with Crippen molar-refractivity contribution in [1.29, 1.82) is 0 Å². The monoisotopic (exact) mass is 408 g/mol. The lowest BCUT2D eigenvalue weighted by Crippen LogP contribution is -2.27. The first-order chi connectivity index (χ1) is 14.1. The van der Waals surface area contributed by atoms with Gasteiger partial charge in [0.25, 0.3) is 11.8 Å². The second-order valence-electron chi connectivity index (χ2n) is 7.05. The minimum Gasteiger partial charge on any atom is -0.339 e. The quantitative estimate of drug-likeness (QED) is 0.691. The van der Waals surface area contributed by atoms with Gasteiger partial charge in [0, 0.05) is 35.6 Å². The van der Waals surface area contributed by atoms with Gasteiger partial charge < -0.3 is 10.2 Å². The average Bonchev–Trinajstić information content (AvgIpc) is 3.42. The zero-order chi connectivity index (χ0) is 20.2. The van der Waals surface area contributed by atoms with Crippen molar-refractivity contribution < 1.29 is 9.59 Å². The number of halogens is 1. The molecule has 0 saturated carbocycles. The SMILES string of the molecule is O=C(Nc1ccc(C(=O)N2CCCC2)cc1)c1cnn(Cc2ccccc2Cl)c1. The molecule has 1 aliphatic rings. The third-order valence-electron chi connectivity index (χ3n) is 4.97. The van der Waals surface area contributed by atoms with E-state index in [1.165, 1.54) is 6.20 Å². The van der Waals surface area contributed by atoms with E-state index in [0.717, 1.165) is 31.5 Å². The van der Waals surface area contributed by atoms with Gasteiger partial charge in [-0.15, -0.1) is 0 Å². The first-order valence-electron chi connectivity index (χ1n) is 9.57. The number of anilines is 1. The summed E-state index contributed by atoms with van der Waals surface area (Å²) in [6.07, 6.45) is 5.33. The first kappa shape index (κ1) is 19.2. The predicted molar refractivity (Wildman–Crippen MR) is 112 cm³/mol. The van der Waals surface area contributed by atoms with Gasteiger partial charge in [0.2, 0.25) is 0 Å². The number of aromatic nitrogens is 2. The summed E-state index contributed by atoms with van der Waals surface area (Å²) in [7, 11) is 0. The van der Waals surface area contributed by atoms with Crippen LogP contribution in [0, 0.1) is 0 Å². The highest BCUT2D eigenvalue weighted by molar-refractivity contribution is 6.31.